The number of hydrogen-bond donors (Lipinski definition) is 1. The Bertz CT molecular complexity index is 1390. The number of carbonyl (C=O) groups excluding carboxylic acids is 1. The van der Waals surface area contributed by atoms with Crippen molar-refractivity contribution in [2.75, 3.05) is 12.4 Å². The highest BCUT2D eigenvalue weighted by Crippen LogP contribution is 2.31. The van der Waals surface area contributed by atoms with Crippen LogP contribution in [-0.4, -0.2) is 13.0 Å². The summed E-state index contributed by atoms with van der Waals surface area (Å²) in [7, 11) is 1.56. The fourth-order valence-corrected chi connectivity index (χ4v) is 3.46. The second kappa shape index (κ2) is 10.3. The van der Waals surface area contributed by atoms with E-state index in [9.17, 15) is 14.4 Å². The predicted octanol–water partition coefficient (Wildman–Crippen LogP) is 6.11. The van der Waals surface area contributed by atoms with E-state index in [2.05, 4.69) is 5.32 Å². The van der Waals surface area contributed by atoms with Gasteiger partial charge in [-0.15, -0.1) is 0 Å². The Hall–Kier alpha value is -4.63. The molecule has 0 aliphatic rings. The van der Waals surface area contributed by atoms with Crippen LogP contribution < -0.4 is 14.8 Å². The molecule has 0 radical (unpaired) electrons. The van der Waals surface area contributed by atoms with E-state index < -0.39 is 5.91 Å². The van der Waals surface area contributed by atoms with Crippen LogP contribution in [0.2, 0.25) is 0 Å². The molecular weight excluding hydrogens is 431 g/mol. The van der Waals surface area contributed by atoms with Gasteiger partial charge < -0.3 is 14.8 Å². The lowest BCUT2D eigenvalue weighted by molar-refractivity contribution is -0.112. The van der Waals surface area contributed by atoms with Crippen LogP contribution in [0.1, 0.15) is 11.1 Å². The summed E-state index contributed by atoms with van der Waals surface area (Å²) < 4.78 is 24.4. The first-order valence-corrected chi connectivity index (χ1v) is 10.5. The van der Waals surface area contributed by atoms with E-state index in [4.69, 9.17) is 9.47 Å². The second-order valence-corrected chi connectivity index (χ2v) is 7.47. The minimum Gasteiger partial charge on any atom is -0.497 e. The number of methoxy groups -OCH3 is 1. The van der Waals surface area contributed by atoms with Crippen LogP contribution in [0.3, 0.4) is 0 Å². The lowest BCUT2D eigenvalue weighted by Gasteiger charge is -2.13. The number of hydrogen-bond acceptors (Lipinski definition) is 4. The van der Waals surface area contributed by atoms with Crippen molar-refractivity contribution in [2.24, 2.45) is 0 Å². The molecule has 168 valence electrons. The van der Waals surface area contributed by atoms with E-state index in [1.54, 1.807) is 49.6 Å². The molecule has 0 fully saturated rings. The van der Waals surface area contributed by atoms with Gasteiger partial charge in [-0.05, 0) is 64.9 Å². The number of nitriles is 1. The molecule has 0 saturated heterocycles. The zero-order chi connectivity index (χ0) is 23.9. The standard InChI is InChI=1S/C28H21FN2O3/c1-33-24-13-11-23(12-14-24)31-28(32)21(17-30)16-26-25-5-3-2-4-20(25)8-15-27(26)34-18-19-6-9-22(29)10-7-19/h2-16H,18H2,1H3,(H,31,32)/b21-16+. The zero-order valence-corrected chi connectivity index (χ0v) is 18.4. The number of carbonyl (C=O) groups is 1. The zero-order valence-electron chi connectivity index (χ0n) is 18.4. The van der Waals surface area contributed by atoms with Crippen LogP contribution >= 0.6 is 0 Å². The molecule has 0 bridgehead atoms. The maximum absolute atomic E-state index is 13.2. The van der Waals surface area contributed by atoms with Crippen LogP contribution in [0.25, 0.3) is 16.8 Å². The van der Waals surface area contributed by atoms with Crippen LogP contribution in [0.5, 0.6) is 11.5 Å². The van der Waals surface area contributed by atoms with E-state index in [1.807, 2.05) is 36.4 Å². The summed E-state index contributed by atoms with van der Waals surface area (Å²) in [6.45, 7) is 0.208. The first kappa shape index (κ1) is 22.6. The number of nitrogens with zero attached hydrogens (tertiary/aromatic N) is 1. The molecule has 4 aromatic rings. The first-order valence-electron chi connectivity index (χ1n) is 10.5. The Morgan fingerprint density at radius 3 is 2.44 bits per heavy atom. The molecule has 6 heteroatoms. The second-order valence-electron chi connectivity index (χ2n) is 7.47. The molecule has 0 aliphatic heterocycles. The third-order valence-electron chi connectivity index (χ3n) is 5.24. The number of rotatable bonds is 7. The summed E-state index contributed by atoms with van der Waals surface area (Å²) in [5.74, 6) is 0.311. The topological polar surface area (TPSA) is 71.3 Å². The Kier molecular flexibility index (Phi) is 6.85. The molecule has 0 atom stereocenters. The van der Waals surface area contributed by atoms with Gasteiger partial charge in [-0.3, -0.25) is 4.79 Å². The molecule has 0 saturated carbocycles. The van der Waals surface area contributed by atoms with Gasteiger partial charge in [0.05, 0.1) is 7.11 Å². The molecule has 0 aliphatic carbocycles. The maximum atomic E-state index is 13.2. The molecule has 1 N–H and O–H groups in total. The molecule has 0 aromatic heterocycles. The minimum atomic E-state index is -0.537. The average molecular weight is 452 g/mol. The first-order chi connectivity index (χ1) is 16.6. The SMILES string of the molecule is COc1ccc(NC(=O)/C(C#N)=C/c2c(OCc3ccc(F)cc3)ccc3ccccc23)cc1. The Balaban J connectivity index is 1.66. The van der Waals surface area contributed by atoms with Crippen molar-refractivity contribution in [2.45, 2.75) is 6.61 Å². The van der Waals surface area contributed by atoms with Crippen molar-refractivity contribution in [3.63, 3.8) is 0 Å². The van der Waals surface area contributed by atoms with Gasteiger partial charge in [-0.25, -0.2) is 4.39 Å². The predicted molar refractivity (Wildman–Crippen MR) is 130 cm³/mol. The molecular formula is C28H21FN2O3. The number of nitrogens with one attached hydrogen (secondary N) is 1. The number of anilines is 1. The molecule has 0 spiro atoms. The molecule has 0 heterocycles. The third kappa shape index (κ3) is 5.22. The maximum Gasteiger partial charge on any atom is 0.266 e. The minimum absolute atomic E-state index is 0.0706. The van der Waals surface area contributed by atoms with Gasteiger partial charge in [-0.1, -0.05) is 42.5 Å². The van der Waals surface area contributed by atoms with E-state index in [0.717, 1.165) is 16.3 Å². The van der Waals surface area contributed by atoms with Gasteiger partial charge in [0.15, 0.2) is 0 Å². The average Bonchev–Trinajstić information content (AvgIpc) is 2.87. The van der Waals surface area contributed by atoms with Crippen molar-refractivity contribution in [1.29, 1.82) is 5.26 Å². The quantitative estimate of drug-likeness (QED) is 0.271. The van der Waals surface area contributed by atoms with Crippen molar-refractivity contribution < 1.29 is 18.7 Å². The van der Waals surface area contributed by atoms with Crippen molar-refractivity contribution in [3.05, 3.63) is 107 Å². The molecule has 0 unspecified atom stereocenters. The molecule has 34 heavy (non-hydrogen) atoms. The summed E-state index contributed by atoms with van der Waals surface area (Å²) in [5, 5.41) is 14.3. The summed E-state index contributed by atoms with van der Waals surface area (Å²) in [5.41, 5.74) is 1.88. The van der Waals surface area contributed by atoms with E-state index in [0.29, 0.717) is 22.7 Å². The van der Waals surface area contributed by atoms with Gasteiger partial charge in [0.2, 0.25) is 0 Å². The van der Waals surface area contributed by atoms with Crippen LogP contribution in [0.4, 0.5) is 10.1 Å². The third-order valence-corrected chi connectivity index (χ3v) is 5.24. The highest BCUT2D eigenvalue weighted by atomic mass is 19.1. The van der Waals surface area contributed by atoms with Crippen molar-refractivity contribution in [1.82, 2.24) is 0 Å². The molecule has 5 nitrogen and oxygen atoms in total. The summed E-state index contributed by atoms with van der Waals surface area (Å²) in [6, 6.07) is 26.2. The number of amides is 1. The summed E-state index contributed by atoms with van der Waals surface area (Å²) >= 11 is 0. The number of benzene rings is 4. The van der Waals surface area contributed by atoms with Gasteiger partial charge >= 0.3 is 0 Å². The largest absolute Gasteiger partial charge is 0.497 e. The van der Waals surface area contributed by atoms with Gasteiger partial charge in [-0.2, -0.15) is 5.26 Å². The summed E-state index contributed by atoms with van der Waals surface area (Å²) in [4.78, 5) is 12.9. The van der Waals surface area contributed by atoms with Gasteiger partial charge in [0.25, 0.3) is 5.91 Å². The normalized spacial score (nSPS) is 11.0. The lowest BCUT2D eigenvalue weighted by Crippen LogP contribution is -2.13. The smallest absolute Gasteiger partial charge is 0.266 e. The fourth-order valence-electron chi connectivity index (χ4n) is 3.46. The van der Waals surface area contributed by atoms with Gasteiger partial charge in [0.1, 0.15) is 35.6 Å². The van der Waals surface area contributed by atoms with Crippen molar-refractivity contribution >= 4 is 28.4 Å². The van der Waals surface area contributed by atoms with Crippen LogP contribution in [0.15, 0.2) is 90.5 Å². The summed E-state index contributed by atoms with van der Waals surface area (Å²) in [6.07, 6.45) is 1.53. The number of fused-ring (bicyclic) bond motifs is 1. The van der Waals surface area contributed by atoms with Crippen LogP contribution in [0, 0.1) is 17.1 Å². The number of ether oxygens (including phenoxy) is 2. The lowest BCUT2D eigenvalue weighted by atomic mass is 10.0. The fraction of sp³-hybridized carbons (Fsp3) is 0.0714. The molecule has 4 rings (SSSR count). The highest BCUT2D eigenvalue weighted by molar-refractivity contribution is 6.11. The Morgan fingerprint density at radius 2 is 1.74 bits per heavy atom. The monoisotopic (exact) mass is 452 g/mol. The molecule has 4 aromatic carbocycles. The van der Waals surface area contributed by atoms with E-state index >= 15 is 0 Å². The van der Waals surface area contributed by atoms with Crippen LogP contribution in [-0.2, 0) is 11.4 Å². The van der Waals surface area contributed by atoms with Crippen molar-refractivity contribution in [3.8, 4) is 17.6 Å². The van der Waals surface area contributed by atoms with E-state index in [1.165, 1.54) is 18.2 Å². The number of halogens is 1. The van der Waals surface area contributed by atoms with E-state index in [-0.39, 0.29) is 18.0 Å². The van der Waals surface area contributed by atoms with Gasteiger partial charge in [0, 0.05) is 11.3 Å². The Morgan fingerprint density at radius 1 is 1.00 bits per heavy atom. The highest BCUT2D eigenvalue weighted by Gasteiger charge is 2.14. The Labute approximate surface area is 196 Å². The molecule has 1 amide bonds.